The lowest BCUT2D eigenvalue weighted by Crippen LogP contribution is -2.29. The van der Waals surface area contributed by atoms with Gasteiger partial charge < -0.3 is 0 Å². The van der Waals surface area contributed by atoms with Crippen LogP contribution in [0.5, 0.6) is 0 Å². The molecule has 6 nitrogen and oxygen atoms in total. The van der Waals surface area contributed by atoms with Gasteiger partial charge in [-0.3, -0.25) is 10.1 Å². The van der Waals surface area contributed by atoms with Crippen molar-refractivity contribution in [3.05, 3.63) is 92.2 Å². The van der Waals surface area contributed by atoms with Gasteiger partial charge in [-0.15, -0.1) is 11.3 Å². The molecule has 0 aliphatic heterocycles. The molecule has 1 atom stereocenters. The van der Waals surface area contributed by atoms with Crippen LogP contribution < -0.4 is 4.72 Å². The lowest BCUT2D eigenvalue weighted by molar-refractivity contribution is -0.385. The largest absolute Gasteiger partial charge is 0.270 e. The average molecular weight is 388 g/mol. The summed E-state index contributed by atoms with van der Waals surface area (Å²) in [6, 6.07) is 16.2. The van der Waals surface area contributed by atoms with E-state index < -0.39 is 21.0 Å². The van der Waals surface area contributed by atoms with Gasteiger partial charge in [-0.1, -0.05) is 42.5 Å². The van der Waals surface area contributed by atoms with Gasteiger partial charge >= 0.3 is 0 Å². The number of aryl methyl sites for hydroxylation is 1. The lowest BCUT2D eigenvalue weighted by atomic mass is 10.1. The Balaban J connectivity index is 2.04. The van der Waals surface area contributed by atoms with Gasteiger partial charge in [0.25, 0.3) is 5.69 Å². The fourth-order valence-electron chi connectivity index (χ4n) is 2.60. The van der Waals surface area contributed by atoms with Gasteiger partial charge in [-0.2, -0.15) is 4.72 Å². The Hall–Kier alpha value is -2.55. The molecule has 1 unspecified atom stereocenters. The third kappa shape index (κ3) is 3.82. The molecule has 0 amide bonds. The van der Waals surface area contributed by atoms with Crippen LogP contribution in [0.25, 0.3) is 0 Å². The van der Waals surface area contributed by atoms with Crippen LogP contribution in [-0.2, 0) is 10.0 Å². The summed E-state index contributed by atoms with van der Waals surface area (Å²) in [7, 11) is -3.97. The number of non-ortho nitro benzene ring substituents is 1. The van der Waals surface area contributed by atoms with Crippen LogP contribution in [0, 0.1) is 17.0 Å². The molecule has 1 N–H and O–H groups in total. The van der Waals surface area contributed by atoms with Crippen LogP contribution in [0.1, 0.15) is 22.0 Å². The van der Waals surface area contributed by atoms with E-state index in [0.29, 0.717) is 5.56 Å². The Kier molecular flexibility index (Phi) is 5.17. The van der Waals surface area contributed by atoms with Crippen molar-refractivity contribution < 1.29 is 13.3 Å². The summed E-state index contributed by atoms with van der Waals surface area (Å²) in [5.41, 5.74) is 0.978. The van der Waals surface area contributed by atoms with E-state index in [9.17, 15) is 18.5 Å². The van der Waals surface area contributed by atoms with Crippen LogP contribution in [0.15, 0.2) is 70.9 Å². The molecule has 3 aromatic rings. The maximum atomic E-state index is 13.0. The molecule has 8 heteroatoms. The molecule has 0 bridgehead atoms. The molecular weight excluding hydrogens is 372 g/mol. The molecule has 26 heavy (non-hydrogen) atoms. The van der Waals surface area contributed by atoms with E-state index in [-0.39, 0.29) is 10.6 Å². The number of sulfonamides is 1. The molecule has 1 aromatic heterocycles. The molecule has 0 aliphatic rings. The lowest BCUT2D eigenvalue weighted by Gasteiger charge is -2.19. The topological polar surface area (TPSA) is 89.3 Å². The van der Waals surface area contributed by atoms with Crippen LogP contribution in [-0.4, -0.2) is 13.3 Å². The van der Waals surface area contributed by atoms with Crippen molar-refractivity contribution in [3.63, 3.8) is 0 Å². The number of benzene rings is 2. The summed E-state index contributed by atoms with van der Waals surface area (Å²) >= 11 is 1.44. The zero-order chi connectivity index (χ0) is 18.7. The van der Waals surface area contributed by atoms with Crippen molar-refractivity contribution in [2.45, 2.75) is 17.9 Å². The SMILES string of the molecule is Cc1ccc([N+](=O)[O-])cc1S(=O)(=O)NC(c1ccccc1)c1cccs1. The summed E-state index contributed by atoms with van der Waals surface area (Å²) < 4.78 is 28.7. The number of hydrogen-bond acceptors (Lipinski definition) is 5. The predicted molar refractivity (Wildman–Crippen MR) is 101 cm³/mol. The van der Waals surface area contributed by atoms with Gasteiger partial charge in [0.15, 0.2) is 0 Å². The zero-order valence-electron chi connectivity index (χ0n) is 13.8. The van der Waals surface area contributed by atoms with Gasteiger partial charge in [0.2, 0.25) is 10.0 Å². The van der Waals surface area contributed by atoms with E-state index in [0.717, 1.165) is 16.5 Å². The summed E-state index contributed by atoms with van der Waals surface area (Å²) in [5, 5.41) is 12.9. The van der Waals surface area contributed by atoms with Crippen molar-refractivity contribution in [2.75, 3.05) is 0 Å². The summed E-state index contributed by atoms with van der Waals surface area (Å²) in [6.07, 6.45) is 0. The third-order valence-electron chi connectivity index (χ3n) is 3.91. The van der Waals surface area contributed by atoms with Crippen molar-refractivity contribution in [3.8, 4) is 0 Å². The number of nitro groups is 1. The molecule has 0 saturated carbocycles. The minimum atomic E-state index is -3.97. The Morgan fingerprint density at radius 3 is 2.42 bits per heavy atom. The molecule has 1 heterocycles. The smallest absolute Gasteiger partial charge is 0.258 e. The van der Waals surface area contributed by atoms with E-state index in [1.165, 1.54) is 23.5 Å². The van der Waals surface area contributed by atoms with Crippen molar-refractivity contribution in [1.29, 1.82) is 0 Å². The minimum Gasteiger partial charge on any atom is -0.258 e. The molecule has 0 spiro atoms. The second-order valence-electron chi connectivity index (χ2n) is 5.69. The van der Waals surface area contributed by atoms with E-state index >= 15 is 0 Å². The maximum absolute atomic E-state index is 13.0. The molecule has 0 fully saturated rings. The first-order valence-corrected chi connectivity index (χ1v) is 10.1. The molecule has 134 valence electrons. The molecule has 3 rings (SSSR count). The third-order valence-corrected chi connectivity index (χ3v) is 6.41. The maximum Gasteiger partial charge on any atom is 0.270 e. The zero-order valence-corrected chi connectivity index (χ0v) is 15.5. The van der Waals surface area contributed by atoms with Crippen molar-refractivity contribution in [1.82, 2.24) is 4.72 Å². The highest BCUT2D eigenvalue weighted by Crippen LogP contribution is 2.29. The average Bonchev–Trinajstić information content (AvgIpc) is 3.15. The first-order valence-electron chi connectivity index (χ1n) is 7.74. The fraction of sp³-hybridized carbons (Fsp3) is 0.111. The molecule has 0 radical (unpaired) electrons. The highest BCUT2D eigenvalue weighted by molar-refractivity contribution is 7.89. The summed E-state index contributed by atoms with van der Waals surface area (Å²) in [4.78, 5) is 11.2. The van der Waals surface area contributed by atoms with Gasteiger partial charge in [0.1, 0.15) is 0 Å². The highest BCUT2D eigenvalue weighted by Gasteiger charge is 2.26. The van der Waals surface area contributed by atoms with E-state index in [4.69, 9.17) is 0 Å². The monoisotopic (exact) mass is 388 g/mol. The predicted octanol–water partition coefficient (Wildman–Crippen LogP) is 4.03. The van der Waals surface area contributed by atoms with Gasteiger partial charge in [-0.25, -0.2) is 8.42 Å². The molecule has 0 aliphatic carbocycles. The Bertz CT molecular complexity index is 1020. The van der Waals surface area contributed by atoms with Crippen molar-refractivity contribution >= 4 is 27.0 Å². The Labute approximate surface area is 155 Å². The Morgan fingerprint density at radius 2 is 1.81 bits per heavy atom. The van der Waals surface area contributed by atoms with Crippen LogP contribution in [0.4, 0.5) is 5.69 Å². The second kappa shape index (κ2) is 7.36. The van der Waals surface area contributed by atoms with E-state index in [1.807, 2.05) is 47.8 Å². The number of hydrogen-bond donors (Lipinski definition) is 1. The van der Waals surface area contributed by atoms with Crippen LogP contribution >= 0.6 is 11.3 Å². The molecular formula is C18H16N2O4S2. The fourth-order valence-corrected chi connectivity index (χ4v) is 4.95. The van der Waals surface area contributed by atoms with Gasteiger partial charge in [0.05, 0.1) is 15.9 Å². The number of thiophene rings is 1. The normalized spacial score (nSPS) is 12.7. The summed E-state index contributed by atoms with van der Waals surface area (Å²) in [6.45, 7) is 1.61. The van der Waals surface area contributed by atoms with Gasteiger partial charge in [0, 0.05) is 17.0 Å². The Morgan fingerprint density at radius 1 is 1.08 bits per heavy atom. The first kappa shape index (κ1) is 18.2. The van der Waals surface area contributed by atoms with Crippen LogP contribution in [0.2, 0.25) is 0 Å². The molecule has 0 saturated heterocycles. The standard InChI is InChI=1S/C18H16N2O4S2/c1-13-9-10-15(20(21)22)12-17(13)26(23,24)19-18(16-8-5-11-25-16)14-6-3-2-4-7-14/h2-12,18-19H,1H3. The van der Waals surface area contributed by atoms with E-state index in [2.05, 4.69) is 4.72 Å². The number of rotatable bonds is 6. The molecule has 2 aromatic carbocycles. The van der Waals surface area contributed by atoms with Crippen LogP contribution in [0.3, 0.4) is 0 Å². The number of nitrogens with zero attached hydrogens (tertiary/aromatic N) is 1. The van der Waals surface area contributed by atoms with E-state index in [1.54, 1.807) is 6.92 Å². The van der Waals surface area contributed by atoms with Crippen molar-refractivity contribution in [2.24, 2.45) is 0 Å². The quantitative estimate of drug-likeness (QED) is 0.510. The summed E-state index contributed by atoms with van der Waals surface area (Å²) in [5.74, 6) is 0. The minimum absolute atomic E-state index is 0.0933. The number of nitrogens with one attached hydrogen (secondary N) is 1. The first-order chi connectivity index (χ1) is 12.4. The highest BCUT2D eigenvalue weighted by atomic mass is 32.2. The van der Waals surface area contributed by atoms with Gasteiger partial charge in [-0.05, 0) is 29.5 Å². The second-order valence-corrected chi connectivity index (χ2v) is 8.35. The number of nitro benzene ring substituents is 1.